The lowest BCUT2D eigenvalue weighted by atomic mass is 10.00. The van der Waals surface area contributed by atoms with Crippen LogP contribution in [0.2, 0.25) is 0 Å². The van der Waals surface area contributed by atoms with Crippen LogP contribution in [0.25, 0.3) is 0 Å². The molecule has 1 aliphatic heterocycles. The topological polar surface area (TPSA) is 53.0 Å². The van der Waals surface area contributed by atoms with Crippen molar-refractivity contribution in [2.45, 2.75) is 37.8 Å². The molecule has 2 aromatic carbocycles. The molecule has 0 saturated heterocycles. The summed E-state index contributed by atoms with van der Waals surface area (Å²) < 4.78 is 6.12. The summed E-state index contributed by atoms with van der Waals surface area (Å²) in [6, 6.07) is 21.9. The lowest BCUT2D eigenvalue weighted by Crippen LogP contribution is -2.48. The molecule has 2 atom stereocenters. The van der Waals surface area contributed by atoms with Gasteiger partial charge in [0.1, 0.15) is 12.4 Å². The van der Waals surface area contributed by atoms with Crippen LogP contribution in [-0.2, 0) is 17.6 Å². The molecule has 0 unspecified atom stereocenters. The Morgan fingerprint density at radius 2 is 1.83 bits per heavy atom. The normalized spacial score (nSPS) is 18.3. The molecular formula is C29H34N2O3S. The van der Waals surface area contributed by atoms with Crippen molar-refractivity contribution in [2.75, 3.05) is 32.8 Å². The molecule has 2 aliphatic rings. The molecule has 1 aliphatic carbocycles. The molecule has 0 bridgehead atoms. The number of benzene rings is 2. The molecular weight excluding hydrogens is 456 g/mol. The van der Waals surface area contributed by atoms with Gasteiger partial charge in [-0.25, -0.2) is 0 Å². The minimum atomic E-state index is -0.494. The fraction of sp³-hybridized carbons (Fsp3) is 0.414. The average Bonchev–Trinajstić information content (AvgIpc) is 3.55. The number of hydrogen-bond donors (Lipinski definition) is 1. The van der Waals surface area contributed by atoms with Gasteiger partial charge in [0, 0.05) is 24.5 Å². The number of nitrogens with zero attached hydrogens (tertiary/aromatic N) is 2. The average molecular weight is 491 g/mol. The Morgan fingerprint density at radius 3 is 2.57 bits per heavy atom. The highest BCUT2D eigenvalue weighted by Crippen LogP contribution is 2.34. The van der Waals surface area contributed by atoms with Crippen molar-refractivity contribution in [1.82, 2.24) is 9.80 Å². The smallest absolute Gasteiger partial charge is 0.237 e. The maximum atomic E-state index is 13.7. The largest absolute Gasteiger partial charge is 0.491 e. The van der Waals surface area contributed by atoms with E-state index in [-0.39, 0.29) is 11.9 Å². The van der Waals surface area contributed by atoms with E-state index in [1.54, 1.807) is 11.3 Å². The summed E-state index contributed by atoms with van der Waals surface area (Å²) in [5.41, 5.74) is 2.33. The third-order valence-electron chi connectivity index (χ3n) is 6.92. The molecule has 6 heteroatoms. The predicted molar refractivity (Wildman–Crippen MR) is 140 cm³/mol. The summed E-state index contributed by atoms with van der Waals surface area (Å²) in [5.74, 6) is 1.59. The van der Waals surface area contributed by atoms with E-state index in [0.717, 1.165) is 24.3 Å². The second kappa shape index (κ2) is 11.4. The molecule has 1 amide bonds. The first kappa shape index (κ1) is 24.0. The van der Waals surface area contributed by atoms with Crippen LogP contribution < -0.4 is 4.74 Å². The molecule has 2 heterocycles. The number of hydrogen-bond acceptors (Lipinski definition) is 5. The summed E-state index contributed by atoms with van der Waals surface area (Å²) in [5, 5.41) is 12.9. The second-order valence-corrected chi connectivity index (χ2v) is 10.8. The summed E-state index contributed by atoms with van der Waals surface area (Å²) >= 11 is 1.77. The quantitative estimate of drug-likeness (QED) is 0.428. The Bertz CT molecular complexity index is 1080. The first-order valence-electron chi connectivity index (χ1n) is 12.6. The van der Waals surface area contributed by atoms with Gasteiger partial charge in [0.05, 0.1) is 18.7 Å². The van der Waals surface area contributed by atoms with Gasteiger partial charge < -0.3 is 14.7 Å². The van der Waals surface area contributed by atoms with E-state index in [4.69, 9.17) is 4.74 Å². The highest BCUT2D eigenvalue weighted by Gasteiger charge is 2.34. The van der Waals surface area contributed by atoms with Crippen molar-refractivity contribution < 1.29 is 14.6 Å². The number of ether oxygens (including phenoxy) is 1. The van der Waals surface area contributed by atoms with Crippen LogP contribution in [0.4, 0.5) is 0 Å². The molecule has 5 rings (SSSR count). The fourth-order valence-corrected chi connectivity index (χ4v) is 5.89. The van der Waals surface area contributed by atoms with Crippen LogP contribution in [-0.4, -0.2) is 59.7 Å². The Morgan fingerprint density at radius 1 is 1.09 bits per heavy atom. The van der Waals surface area contributed by atoms with Gasteiger partial charge in [-0.05, 0) is 66.3 Å². The highest BCUT2D eigenvalue weighted by molar-refractivity contribution is 7.10. The number of rotatable bonds is 11. The Labute approximate surface area is 212 Å². The fourth-order valence-electron chi connectivity index (χ4n) is 4.97. The van der Waals surface area contributed by atoms with Crippen LogP contribution in [0.15, 0.2) is 72.1 Å². The summed E-state index contributed by atoms with van der Waals surface area (Å²) in [7, 11) is 0. The van der Waals surface area contributed by atoms with Crippen molar-refractivity contribution in [2.24, 2.45) is 5.92 Å². The highest BCUT2D eigenvalue weighted by atomic mass is 32.1. The third kappa shape index (κ3) is 6.51. The van der Waals surface area contributed by atoms with E-state index in [2.05, 4.69) is 16.3 Å². The van der Waals surface area contributed by atoms with Crippen LogP contribution in [0.1, 0.15) is 34.9 Å². The van der Waals surface area contributed by atoms with Crippen molar-refractivity contribution in [3.05, 3.63) is 88.1 Å². The number of amides is 1. The number of para-hydroxylation sites is 1. The number of carbonyl (C=O) groups is 1. The number of thiophene rings is 1. The van der Waals surface area contributed by atoms with Crippen molar-refractivity contribution >= 4 is 17.2 Å². The van der Waals surface area contributed by atoms with Crippen molar-refractivity contribution in [3.8, 4) is 5.75 Å². The van der Waals surface area contributed by atoms with Gasteiger partial charge in [-0.3, -0.25) is 9.69 Å². The zero-order valence-corrected chi connectivity index (χ0v) is 20.9. The van der Waals surface area contributed by atoms with E-state index in [1.807, 2.05) is 65.6 Å². The van der Waals surface area contributed by atoms with E-state index in [1.165, 1.54) is 23.3 Å². The van der Waals surface area contributed by atoms with E-state index >= 15 is 0 Å². The monoisotopic (exact) mass is 490 g/mol. The first-order chi connectivity index (χ1) is 17.2. The number of aliphatic hydroxyl groups excluding tert-OH is 1. The summed E-state index contributed by atoms with van der Waals surface area (Å²) in [6.07, 6.45) is 3.43. The van der Waals surface area contributed by atoms with Crippen LogP contribution >= 0.6 is 11.3 Å². The Balaban J connectivity index is 1.25. The molecule has 1 saturated carbocycles. The molecule has 0 spiro atoms. The molecule has 35 heavy (non-hydrogen) atoms. The standard InChI is InChI=1S/C29H34N2O3S/c32-24(17-22-7-3-1-4-8-22)19-30(18-23-11-12-23)20-29(33)31-15-13-28-26(14-16-35-28)27(31)21-34-25-9-5-2-6-10-25/h1-10,14,16,23-24,27,32H,11-13,15,17-21H2/t24-,27+/m1/s1. The van der Waals surface area contributed by atoms with E-state index < -0.39 is 6.10 Å². The van der Waals surface area contributed by atoms with Gasteiger partial charge in [-0.1, -0.05) is 48.5 Å². The van der Waals surface area contributed by atoms with Crippen LogP contribution in [0.3, 0.4) is 0 Å². The molecule has 5 nitrogen and oxygen atoms in total. The molecule has 184 valence electrons. The maximum absolute atomic E-state index is 13.7. The van der Waals surface area contributed by atoms with Crippen LogP contribution in [0, 0.1) is 5.92 Å². The number of carbonyl (C=O) groups excluding carboxylic acids is 1. The van der Waals surface area contributed by atoms with Crippen LogP contribution in [0.5, 0.6) is 5.75 Å². The zero-order chi connectivity index (χ0) is 24.0. The summed E-state index contributed by atoms with van der Waals surface area (Å²) in [4.78, 5) is 19.2. The third-order valence-corrected chi connectivity index (χ3v) is 7.92. The van der Waals surface area contributed by atoms with Gasteiger partial charge in [-0.15, -0.1) is 11.3 Å². The van der Waals surface area contributed by atoms with E-state index in [0.29, 0.717) is 38.6 Å². The molecule has 0 radical (unpaired) electrons. The molecule has 1 fully saturated rings. The first-order valence-corrected chi connectivity index (χ1v) is 13.5. The summed E-state index contributed by atoms with van der Waals surface area (Å²) in [6.45, 7) is 2.88. The lowest BCUT2D eigenvalue weighted by Gasteiger charge is -2.37. The van der Waals surface area contributed by atoms with Crippen molar-refractivity contribution in [3.63, 3.8) is 0 Å². The Hall–Kier alpha value is -2.67. The minimum absolute atomic E-state index is 0.0882. The Kier molecular flexibility index (Phi) is 7.82. The van der Waals surface area contributed by atoms with Gasteiger partial charge in [0.2, 0.25) is 5.91 Å². The number of aliphatic hydroxyl groups is 1. The van der Waals surface area contributed by atoms with Crippen molar-refractivity contribution in [1.29, 1.82) is 0 Å². The second-order valence-electron chi connectivity index (χ2n) is 9.76. The van der Waals surface area contributed by atoms with Gasteiger partial charge >= 0.3 is 0 Å². The molecule has 1 N–H and O–H groups in total. The molecule has 1 aromatic heterocycles. The minimum Gasteiger partial charge on any atom is -0.491 e. The SMILES string of the molecule is O=C(CN(CC1CC1)C[C@H](O)Cc1ccccc1)N1CCc2sccc2[C@@H]1COc1ccccc1. The van der Waals surface area contributed by atoms with Gasteiger partial charge in [-0.2, -0.15) is 0 Å². The molecule has 3 aromatic rings. The van der Waals surface area contributed by atoms with Gasteiger partial charge in [0.15, 0.2) is 0 Å². The number of fused-ring (bicyclic) bond motifs is 1. The van der Waals surface area contributed by atoms with Gasteiger partial charge in [0.25, 0.3) is 0 Å². The maximum Gasteiger partial charge on any atom is 0.237 e. The van der Waals surface area contributed by atoms with E-state index in [9.17, 15) is 9.90 Å². The lowest BCUT2D eigenvalue weighted by molar-refractivity contribution is -0.136. The zero-order valence-electron chi connectivity index (χ0n) is 20.1. The predicted octanol–water partition coefficient (Wildman–Crippen LogP) is 4.57.